The molecule has 0 radical (unpaired) electrons. The molecular formula is C34H32. The van der Waals surface area contributed by atoms with Crippen LogP contribution in [-0.4, -0.2) is 0 Å². The molecule has 0 aliphatic rings. The van der Waals surface area contributed by atoms with Crippen molar-refractivity contribution >= 4 is 11.1 Å². The van der Waals surface area contributed by atoms with Gasteiger partial charge in [0.15, 0.2) is 0 Å². The fourth-order valence-electron chi connectivity index (χ4n) is 5.04. The highest BCUT2D eigenvalue weighted by atomic mass is 14.2. The van der Waals surface area contributed by atoms with Crippen LogP contribution in [0.25, 0.3) is 11.1 Å². The third-order valence-electron chi connectivity index (χ3n) is 6.29. The van der Waals surface area contributed by atoms with Gasteiger partial charge < -0.3 is 0 Å². The van der Waals surface area contributed by atoms with Crippen molar-refractivity contribution < 1.29 is 0 Å². The SMILES string of the molecule is Cc1cc(C)c(C(=C=C=C(c2ccccc2)c2c(C)cc(C)cc2C)c2ccccc2)c(C)c1. The monoisotopic (exact) mass is 440 g/mol. The zero-order valence-corrected chi connectivity index (χ0v) is 21.1. The Morgan fingerprint density at radius 3 is 1.03 bits per heavy atom. The molecule has 168 valence electrons. The molecule has 0 spiro atoms. The van der Waals surface area contributed by atoms with Gasteiger partial charge in [-0.15, -0.1) is 0 Å². The Bertz CT molecular complexity index is 1280. The zero-order valence-electron chi connectivity index (χ0n) is 21.1. The largest absolute Gasteiger partial charge is 0.0622 e. The topological polar surface area (TPSA) is 0 Å². The minimum Gasteiger partial charge on any atom is -0.0622 e. The van der Waals surface area contributed by atoms with Gasteiger partial charge in [-0.3, -0.25) is 0 Å². The van der Waals surface area contributed by atoms with E-state index in [1.54, 1.807) is 0 Å². The van der Waals surface area contributed by atoms with Crippen LogP contribution in [-0.2, 0) is 0 Å². The second-order valence-corrected chi connectivity index (χ2v) is 9.28. The van der Waals surface area contributed by atoms with Gasteiger partial charge in [0.2, 0.25) is 0 Å². The van der Waals surface area contributed by atoms with Crippen molar-refractivity contribution in [2.75, 3.05) is 0 Å². The molecule has 0 heterocycles. The first-order valence-electron chi connectivity index (χ1n) is 11.9. The van der Waals surface area contributed by atoms with Gasteiger partial charge in [0.05, 0.1) is 0 Å². The van der Waals surface area contributed by atoms with Gasteiger partial charge in [0, 0.05) is 11.1 Å². The molecule has 0 saturated carbocycles. The maximum absolute atomic E-state index is 3.65. The Morgan fingerprint density at radius 1 is 0.441 bits per heavy atom. The van der Waals surface area contributed by atoms with Crippen molar-refractivity contribution in [3.05, 3.63) is 152 Å². The third-order valence-corrected chi connectivity index (χ3v) is 6.29. The Hall–Kier alpha value is -3.82. The number of hydrogen-bond donors (Lipinski definition) is 0. The van der Waals surface area contributed by atoms with Gasteiger partial charge >= 0.3 is 0 Å². The molecule has 0 nitrogen and oxygen atoms in total. The van der Waals surface area contributed by atoms with Gasteiger partial charge in [0.1, 0.15) is 0 Å². The quantitative estimate of drug-likeness (QED) is 0.278. The lowest BCUT2D eigenvalue weighted by Gasteiger charge is -2.15. The van der Waals surface area contributed by atoms with Crippen LogP contribution in [0.15, 0.2) is 96.4 Å². The van der Waals surface area contributed by atoms with E-state index in [1.165, 1.54) is 44.5 Å². The normalized spacial score (nSPS) is 10.4. The molecule has 4 aromatic rings. The molecule has 0 atom stereocenters. The van der Waals surface area contributed by atoms with E-state index in [2.05, 4.69) is 138 Å². The molecule has 0 saturated heterocycles. The Labute approximate surface area is 204 Å². The fourth-order valence-corrected chi connectivity index (χ4v) is 5.04. The molecule has 0 heteroatoms. The smallest absolute Gasteiger partial charge is 0.0399 e. The van der Waals surface area contributed by atoms with E-state index < -0.39 is 0 Å². The molecule has 0 N–H and O–H groups in total. The van der Waals surface area contributed by atoms with Gasteiger partial charge in [0.25, 0.3) is 0 Å². The Morgan fingerprint density at radius 2 is 0.735 bits per heavy atom. The molecule has 0 unspecified atom stereocenters. The molecule has 34 heavy (non-hydrogen) atoms. The summed E-state index contributed by atoms with van der Waals surface area (Å²) < 4.78 is 0. The summed E-state index contributed by atoms with van der Waals surface area (Å²) in [5.74, 6) is 0. The van der Waals surface area contributed by atoms with Gasteiger partial charge in [-0.2, -0.15) is 0 Å². The highest BCUT2D eigenvalue weighted by Crippen LogP contribution is 2.31. The fraction of sp³-hybridized carbons (Fsp3) is 0.176. The third kappa shape index (κ3) is 4.90. The first kappa shape index (κ1) is 23.3. The second kappa shape index (κ2) is 9.98. The van der Waals surface area contributed by atoms with Crippen molar-refractivity contribution in [3.8, 4) is 0 Å². The maximum atomic E-state index is 3.65. The summed E-state index contributed by atoms with van der Waals surface area (Å²) in [7, 11) is 0. The lowest BCUT2D eigenvalue weighted by atomic mass is 9.88. The number of aryl methyl sites for hydroxylation is 6. The van der Waals surface area contributed by atoms with E-state index in [4.69, 9.17) is 0 Å². The molecule has 4 rings (SSSR count). The maximum Gasteiger partial charge on any atom is 0.0399 e. The number of rotatable bonds is 4. The van der Waals surface area contributed by atoms with E-state index in [0.717, 1.165) is 22.3 Å². The predicted molar refractivity (Wildman–Crippen MR) is 146 cm³/mol. The van der Waals surface area contributed by atoms with Crippen LogP contribution in [0.4, 0.5) is 0 Å². The van der Waals surface area contributed by atoms with E-state index in [9.17, 15) is 0 Å². The van der Waals surface area contributed by atoms with Crippen LogP contribution in [0, 0.1) is 41.5 Å². The van der Waals surface area contributed by atoms with Crippen LogP contribution in [0.3, 0.4) is 0 Å². The van der Waals surface area contributed by atoms with Crippen molar-refractivity contribution in [1.82, 2.24) is 0 Å². The van der Waals surface area contributed by atoms with Gasteiger partial charge in [-0.25, -0.2) is 0 Å². The molecule has 0 aromatic heterocycles. The van der Waals surface area contributed by atoms with Crippen LogP contribution >= 0.6 is 0 Å². The summed E-state index contributed by atoms with van der Waals surface area (Å²) in [5.41, 5.74) is 21.8. The minimum absolute atomic E-state index is 1.08. The Balaban J connectivity index is 2.14. The standard InChI is InChI=1S/C34H32/c1-23-19-25(3)33(26(4)20-23)31(29-13-9-7-10-14-29)17-18-32(30-15-11-8-12-16-30)34-27(5)21-24(2)22-28(34)6/h7-16,19-22H,1-6H3. The first-order chi connectivity index (χ1) is 16.3. The summed E-state index contributed by atoms with van der Waals surface area (Å²) in [4.78, 5) is 0. The lowest BCUT2D eigenvalue weighted by Crippen LogP contribution is -1.97. The number of hydrogen-bond acceptors (Lipinski definition) is 0. The molecule has 0 aliphatic carbocycles. The zero-order chi connectivity index (χ0) is 24.2. The van der Waals surface area contributed by atoms with Gasteiger partial charge in [-0.05, 0) is 86.1 Å². The number of benzene rings is 4. The summed E-state index contributed by atoms with van der Waals surface area (Å²) in [6.45, 7) is 13.1. The minimum atomic E-state index is 1.08. The van der Waals surface area contributed by atoms with Crippen molar-refractivity contribution in [3.63, 3.8) is 0 Å². The van der Waals surface area contributed by atoms with Crippen molar-refractivity contribution in [2.45, 2.75) is 41.5 Å². The van der Waals surface area contributed by atoms with E-state index in [0.29, 0.717) is 0 Å². The van der Waals surface area contributed by atoms with E-state index >= 15 is 0 Å². The second-order valence-electron chi connectivity index (χ2n) is 9.28. The molecule has 4 aromatic carbocycles. The predicted octanol–water partition coefficient (Wildman–Crippen LogP) is 8.85. The van der Waals surface area contributed by atoms with Crippen molar-refractivity contribution in [1.29, 1.82) is 0 Å². The van der Waals surface area contributed by atoms with Crippen LogP contribution in [0.2, 0.25) is 0 Å². The average molecular weight is 441 g/mol. The van der Waals surface area contributed by atoms with Crippen LogP contribution < -0.4 is 0 Å². The Kier molecular flexibility index (Phi) is 6.85. The van der Waals surface area contributed by atoms with Crippen LogP contribution in [0.1, 0.15) is 55.6 Å². The van der Waals surface area contributed by atoms with E-state index in [1.807, 2.05) is 0 Å². The molecule has 0 aliphatic heterocycles. The molecule has 0 amide bonds. The summed E-state index contributed by atoms with van der Waals surface area (Å²) >= 11 is 0. The van der Waals surface area contributed by atoms with E-state index in [-0.39, 0.29) is 0 Å². The first-order valence-corrected chi connectivity index (χ1v) is 11.9. The molecule has 0 fully saturated rings. The molecular weight excluding hydrogens is 408 g/mol. The van der Waals surface area contributed by atoms with Crippen LogP contribution in [0.5, 0.6) is 0 Å². The lowest BCUT2D eigenvalue weighted by molar-refractivity contribution is 1.28. The highest BCUT2D eigenvalue weighted by Gasteiger charge is 2.13. The molecule has 0 bridgehead atoms. The van der Waals surface area contributed by atoms with Gasteiger partial charge in [-0.1, -0.05) is 108 Å². The van der Waals surface area contributed by atoms with Crippen molar-refractivity contribution in [2.24, 2.45) is 0 Å². The highest BCUT2D eigenvalue weighted by molar-refractivity contribution is 5.86. The summed E-state index contributed by atoms with van der Waals surface area (Å²) in [6, 6.07) is 30.1. The summed E-state index contributed by atoms with van der Waals surface area (Å²) in [6.07, 6.45) is 0. The summed E-state index contributed by atoms with van der Waals surface area (Å²) in [5, 5.41) is 0. The average Bonchev–Trinajstić information content (AvgIpc) is 2.79.